The smallest absolute Gasteiger partial charge is 0.410 e. The summed E-state index contributed by atoms with van der Waals surface area (Å²) in [6.07, 6.45) is -2.07. The van der Waals surface area contributed by atoms with E-state index in [0.717, 1.165) is 5.01 Å². The van der Waals surface area contributed by atoms with Crippen LogP contribution in [-0.2, 0) is 4.74 Å². The van der Waals surface area contributed by atoms with E-state index in [0.29, 0.717) is 25.9 Å². The maximum absolute atomic E-state index is 13.3. The summed E-state index contributed by atoms with van der Waals surface area (Å²) in [6, 6.07) is 2.83. The molecule has 2 amide bonds. The number of likely N-dealkylation sites (tertiary alicyclic amines) is 1. The van der Waals surface area contributed by atoms with Gasteiger partial charge in [0, 0.05) is 42.8 Å². The number of halogens is 3. The fraction of sp³-hybridized carbons (Fsp3) is 0.571. The number of hydrogen-bond donors (Lipinski definition) is 2. The molecule has 2 aromatic heterocycles. The Hall–Kier alpha value is -2.56. The van der Waals surface area contributed by atoms with Crippen molar-refractivity contribution in [1.29, 1.82) is 0 Å². The van der Waals surface area contributed by atoms with Crippen LogP contribution in [0.25, 0.3) is 0 Å². The lowest BCUT2D eigenvalue weighted by molar-refractivity contribution is -0.149. The van der Waals surface area contributed by atoms with Crippen molar-refractivity contribution in [2.75, 3.05) is 19.6 Å². The fourth-order valence-electron chi connectivity index (χ4n) is 3.46. The van der Waals surface area contributed by atoms with Crippen LogP contribution < -0.4 is 5.32 Å². The Morgan fingerprint density at radius 2 is 2.00 bits per heavy atom. The summed E-state index contributed by atoms with van der Waals surface area (Å²) in [5.41, 5.74) is -0.460. The Bertz CT molecular complexity index is 914. The van der Waals surface area contributed by atoms with Gasteiger partial charge in [0.05, 0.1) is 5.01 Å². The normalized spacial score (nSPS) is 16.6. The van der Waals surface area contributed by atoms with Crippen LogP contribution in [0.4, 0.5) is 18.0 Å². The second kappa shape index (κ2) is 9.51. The third-order valence-corrected chi connectivity index (χ3v) is 6.12. The number of rotatable bonds is 5. The molecule has 2 aromatic rings. The molecule has 3 rings (SSSR count). The molecule has 1 aliphatic rings. The van der Waals surface area contributed by atoms with Gasteiger partial charge in [-0.15, -0.1) is 11.3 Å². The number of piperidine rings is 1. The molecule has 7 nitrogen and oxygen atoms in total. The topological polar surface area (TPSA) is 87.3 Å². The highest BCUT2D eigenvalue weighted by Gasteiger charge is 2.41. The third-order valence-electron chi connectivity index (χ3n) is 5.11. The van der Waals surface area contributed by atoms with Crippen LogP contribution in [0.3, 0.4) is 0 Å². The molecule has 0 spiro atoms. The molecule has 1 unspecified atom stereocenters. The number of ether oxygens (including phenoxy) is 1. The minimum absolute atomic E-state index is 0.00601. The molecule has 11 heteroatoms. The van der Waals surface area contributed by atoms with Crippen LogP contribution in [0.5, 0.6) is 0 Å². The van der Waals surface area contributed by atoms with Gasteiger partial charge < -0.3 is 19.9 Å². The number of alkyl halides is 3. The summed E-state index contributed by atoms with van der Waals surface area (Å²) < 4.78 is 45.4. The average Bonchev–Trinajstić information content (AvgIpc) is 3.38. The molecule has 0 aliphatic carbocycles. The number of carbonyl (C=O) groups excluding carboxylic acids is 2. The minimum atomic E-state index is -4.49. The lowest BCUT2D eigenvalue weighted by atomic mass is 9.98. The predicted octanol–water partition coefficient (Wildman–Crippen LogP) is 4.66. The van der Waals surface area contributed by atoms with E-state index in [-0.39, 0.29) is 23.4 Å². The van der Waals surface area contributed by atoms with E-state index in [1.54, 1.807) is 10.3 Å². The fourth-order valence-corrected chi connectivity index (χ4v) is 4.43. The highest BCUT2D eigenvalue weighted by atomic mass is 32.1. The van der Waals surface area contributed by atoms with Crippen molar-refractivity contribution in [3.8, 4) is 0 Å². The summed E-state index contributed by atoms with van der Waals surface area (Å²) in [7, 11) is 0. The molecule has 0 bridgehead atoms. The number of nitrogens with zero attached hydrogens (tertiary/aromatic N) is 2. The average molecular weight is 473 g/mol. The number of aromatic amines is 1. The van der Waals surface area contributed by atoms with Gasteiger partial charge in [0.15, 0.2) is 0 Å². The third kappa shape index (κ3) is 6.24. The molecule has 0 aromatic carbocycles. The Labute approximate surface area is 188 Å². The first-order chi connectivity index (χ1) is 14.9. The summed E-state index contributed by atoms with van der Waals surface area (Å²) in [5, 5.41) is 4.65. The first-order valence-electron chi connectivity index (χ1n) is 10.4. The second-order valence-electron chi connectivity index (χ2n) is 8.74. The van der Waals surface area contributed by atoms with Crippen molar-refractivity contribution < 1.29 is 27.5 Å². The van der Waals surface area contributed by atoms with Crippen LogP contribution >= 0.6 is 11.3 Å². The molecule has 2 N–H and O–H groups in total. The number of amides is 2. The number of nitrogens with one attached hydrogen (secondary N) is 2. The summed E-state index contributed by atoms with van der Waals surface area (Å²) in [5.74, 6) is -2.38. The van der Waals surface area contributed by atoms with Crippen molar-refractivity contribution in [2.45, 2.75) is 57.2 Å². The maximum Gasteiger partial charge on any atom is 0.410 e. The van der Waals surface area contributed by atoms with Gasteiger partial charge in [-0.05, 0) is 45.7 Å². The summed E-state index contributed by atoms with van der Waals surface area (Å²) in [4.78, 5) is 33.1. The Morgan fingerprint density at radius 1 is 1.31 bits per heavy atom. The molecule has 32 heavy (non-hydrogen) atoms. The standard InChI is InChI=1S/C21H27F3N4O3S/c1-20(2,3)31-19(30)28-9-6-13(7-10-28)18-27-16(12-32-18)17(29)26-11-14(21(22,23)24)15-5-4-8-25-15/h4-5,8,12-14,25H,6-7,9-11H2,1-3H3,(H,26,29). The van der Waals surface area contributed by atoms with E-state index in [1.807, 2.05) is 20.8 Å². The van der Waals surface area contributed by atoms with Gasteiger partial charge >= 0.3 is 12.3 Å². The molecule has 0 saturated carbocycles. The number of H-pyrrole nitrogens is 1. The first-order valence-corrected chi connectivity index (χ1v) is 11.2. The molecular weight excluding hydrogens is 445 g/mol. The quantitative estimate of drug-likeness (QED) is 0.663. The van der Waals surface area contributed by atoms with Gasteiger partial charge in [0.25, 0.3) is 5.91 Å². The SMILES string of the molecule is CC(C)(C)OC(=O)N1CCC(c2nc(C(=O)NCC(c3ccc[nH]3)C(F)(F)F)cs2)CC1. The zero-order chi connectivity index (χ0) is 23.5. The summed E-state index contributed by atoms with van der Waals surface area (Å²) in [6.45, 7) is 5.90. The van der Waals surface area contributed by atoms with Gasteiger partial charge in [-0.2, -0.15) is 13.2 Å². The van der Waals surface area contributed by atoms with E-state index in [4.69, 9.17) is 4.74 Å². The van der Waals surface area contributed by atoms with Crippen molar-refractivity contribution in [1.82, 2.24) is 20.2 Å². The van der Waals surface area contributed by atoms with Gasteiger partial charge in [-0.1, -0.05) is 0 Å². The zero-order valence-corrected chi connectivity index (χ0v) is 19.0. The second-order valence-corrected chi connectivity index (χ2v) is 9.63. The van der Waals surface area contributed by atoms with Crippen LogP contribution in [0.2, 0.25) is 0 Å². The molecule has 1 atom stereocenters. The molecule has 1 aliphatic heterocycles. The highest BCUT2D eigenvalue weighted by molar-refractivity contribution is 7.09. The first kappa shape index (κ1) is 24.1. The van der Waals surface area contributed by atoms with E-state index < -0.39 is 30.1 Å². The van der Waals surface area contributed by atoms with E-state index in [1.165, 1.54) is 29.7 Å². The number of aromatic nitrogens is 2. The Balaban J connectivity index is 1.54. The van der Waals surface area contributed by atoms with E-state index in [9.17, 15) is 22.8 Å². The molecule has 3 heterocycles. The number of hydrogen-bond acceptors (Lipinski definition) is 5. The van der Waals surface area contributed by atoms with Crippen molar-refractivity contribution >= 4 is 23.3 Å². The minimum Gasteiger partial charge on any atom is -0.444 e. The number of thiazole rings is 1. The molecular formula is C21H27F3N4O3S. The summed E-state index contributed by atoms with van der Waals surface area (Å²) >= 11 is 1.31. The molecule has 1 saturated heterocycles. The lowest BCUT2D eigenvalue weighted by Gasteiger charge is -2.32. The van der Waals surface area contributed by atoms with Crippen LogP contribution in [0.15, 0.2) is 23.7 Å². The Morgan fingerprint density at radius 3 is 2.56 bits per heavy atom. The molecule has 0 radical (unpaired) electrons. The van der Waals surface area contributed by atoms with Gasteiger partial charge in [0.2, 0.25) is 0 Å². The van der Waals surface area contributed by atoms with Gasteiger partial charge in [0.1, 0.15) is 17.2 Å². The zero-order valence-electron chi connectivity index (χ0n) is 18.2. The molecule has 1 fully saturated rings. The lowest BCUT2D eigenvalue weighted by Crippen LogP contribution is -2.41. The highest BCUT2D eigenvalue weighted by Crippen LogP contribution is 2.34. The van der Waals surface area contributed by atoms with Gasteiger partial charge in [-0.3, -0.25) is 4.79 Å². The van der Waals surface area contributed by atoms with E-state index in [2.05, 4.69) is 15.3 Å². The van der Waals surface area contributed by atoms with E-state index >= 15 is 0 Å². The van der Waals surface area contributed by atoms with Crippen LogP contribution in [0, 0.1) is 0 Å². The number of carbonyl (C=O) groups is 2. The van der Waals surface area contributed by atoms with Gasteiger partial charge in [-0.25, -0.2) is 9.78 Å². The largest absolute Gasteiger partial charge is 0.444 e. The van der Waals surface area contributed by atoms with Crippen molar-refractivity contribution in [2.24, 2.45) is 0 Å². The maximum atomic E-state index is 13.3. The monoisotopic (exact) mass is 472 g/mol. The van der Waals surface area contributed by atoms with Crippen molar-refractivity contribution in [3.63, 3.8) is 0 Å². The molecule has 176 valence electrons. The van der Waals surface area contributed by atoms with Crippen molar-refractivity contribution in [3.05, 3.63) is 40.1 Å². The predicted molar refractivity (Wildman–Crippen MR) is 114 cm³/mol. The van der Waals surface area contributed by atoms with Crippen LogP contribution in [0.1, 0.15) is 66.6 Å². The Kier molecular flexibility index (Phi) is 7.16. The van der Waals surface area contributed by atoms with Crippen LogP contribution in [-0.4, -0.2) is 58.3 Å².